The zero-order valence-electron chi connectivity index (χ0n) is 11.6. The van der Waals surface area contributed by atoms with Gasteiger partial charge in [-0.15, -0.1) is 0 Å². The number of amides is 1. The zero-order chi connectivity index (χ0) is 13.2. The molecule has 2 aliphatic rings. The van der Waals surface area contributed by atoms with Crippen LogP contribution in [0.2, 0.25) is 0 Å². The molecule has 2 aliphatic carbocycles. The van der Waals surface area contributed by atoms with Gasteiger partial charge in [0.2, 0.25) is 5.91 Å². The molecule has 104 valence electrons. The molecule has 0 aromatic rings. The molecule has 0 radical (unpaired) electrons. The summed E-state index contributed by atoms with van der Waals surface area (Å²) in [6.07, 6.45) is 6.44. The van der Waals surface area contributed by atoms with Crippen LogP contribution in [0.3, 0.4) is 0 Å². The van der Waals surface area contributed by atoms with Gasteiger partial charge in [-0.3, -0.25) is 4.79 Å². The number of nitrogens with two attached hydrogens (primary N) is 1. The molecule has 3 N–H and O–H groups in total. The van der Waals surface area contributed by atoms with Crippen LogP contribution in [-0.2, 0) is 9.53 Å². The van der Waals surface area contributed by atoms with Gasteiger partial charge in [0, 0.05) is 19.1 Å². The molecule has 1 amide bonds. The lowest BCUT2D eigenvalue weighted by atomic mass is 9.79. The van der Waals surface area contributed by atoms with E-state index in [4.69, 9.17) is 10.5 Å². The van der Waals surface area contributed by atoms with E-state index in [0.29, 0.717) is 0 Å². The summed E-state index contributed by atoms with van der Waals surface area (Å²) in [7, 11) is 0. The maximum Gasteiger partial charge on any atom is 0.237 e. The standard InChI is InChI=1S/C14H26N2O2/c1-10(2)16-14(13(15)17)7-3-4-12(8-14)18-9-11-5-6-11/h10-12,16H,3-9H2,1-2H3,(H2,15,17). The fourth-order valence-electron chi connectivity index (χ4n) is 2.90. The third-order valence-corrected chi connectivity index (χ3v) is 4.01. The van der Waals surface area contributed by atoms with Gasteiger partial charge in [0.25, 0.3) is 0 Å². The first-order valence-electron chi connectivity index (χ1n) is 7.21. The first kappa shape index (κ1) is 13.8. The summed E-state index contributed by atoms with van der Waals surface area (Å²) in [5.41, 5.74) is 5.07. The Morgan fingerprint density at radius 2 is 2.17 bits per heavy atom. The van der Waals surface area contributed by atoms with Crippen molar-refractivity contribution in [1.82, 2.24) is 5.32 Å². The van der Waals surface area contributed by atoms with Crippen LogP contribution < -0.4 is 11.1 Å². The van der Waals surface area contributed by atoms with Gasteiger partial charge in [-0.2, -0.15) is 0 Å². The van der Waals surface area contributed by atoms with E-state index in [1.165, 1.54) is 12.8 Å². The number of nitrogens with one attached hydrogen (secondary N) is 1. The van der Waals surface area contributed by atoms with Crippen molar-refractivity contribution in [3.8, 4) is 0 Å². The normalized spacial score (nSPS) is 32.7. The molecular weight excluding hydrogens is 228 g/mol. The lowest BCUT2D eigenvalue weighted by Gasteiger charge is -2.40. The van der Waals surface area contributed by atoms with Crippen molar-refractivity contribution in [3.05, 3.63) is 0 Å². The average Bonchev–Trinajstić information content (AvgIpc) is 3.09. The summed E-state index contributed by atoms with van der Waals surface area (Å²) in [5, 5.41) is 3.37. The van der Waals surface area contributed by atoms with Crippen LogP contribution in [0.1, 0.15) is 52.4 Å². The summed E-state index contributed by atoms with van der Waals surface area (Å²) >= 11 is 0. The Bertz CT molecular complexity index is 302. The molecule has 2 rings (SSSR count). The Morgan fingerprint density at radius 1 is 1.44 bits per heavy atom. The molecule has 4 nitrogen and oxygen atoms in total. The van der Waals surface area contributed by atoms with Crippen LogP contribution in [0.4, 0.5) is 0 Å². The molecule has 4 heteroatoms. The van der Waals surface area contributed by atoms with Crippen molar-refractivity contribution in [2.75, 3.05) is 6.61 Å². The van der Waals surface area contributed by atoms with Gasteiger partial charge in [-0.05, 0) is 51.9 Å². The minimum Gasteiger partial charge on any atom is -0.378 e. The summed E-state index contributed by atoms with van der Waals surface area (Å²) < 4.78 is 5.95. The first-order chi connectivity index (χ1) is 8.52. The SMILES string of the molecule is CC(C)NC1(C(N)=O)CCCC(OCC2CC2)C1. The van der Waals surface area contributed by atoms with Gasteiger partial charge < -0.3 is 15.8 Å². The molecule has 2 unspecified atom stereocenters. The minimum absolute atomic E-state index is 0.193. The Kier molecular flexibility index (Phi) is 4.28. The highest BCUT2D eigenvalue weighted by Crippen LogP contribution is 2.34. The van der Waals surface area contributed by atoms with Crippen LogP contribution >= 0.6 is 0 Å². The molecule has 0 saturated heterocycles. The smallest absolute Gasteiger partial charge is 0.237 e. The van der Waals surface area contributed by atoms with Gasteiger partial charge in [0.05, 0.1) is 6.10 Å². The van der Waals surface area contributed by atoms with Crippen LogP contribution in [0.15, 0.2) is 0 Å². The maximum absolute atomic E-state index is 11.8. The van der Waals surface area contributed by atoms with E-state index in [1.54, 1.807) is 0 Å². The van der Waals surface area contributed by atoms with Crippen molar-refractivity contribution in [1.29, 1.82) is 0 Å². The number of carbonyl (C=O) groups excluding carboxylic acids is 1. The largest absolute Gasteiger partial charge is 0.378 e. The van der Waals surface area contributed by atoms with E-state index in [-0.39, 0.29) is 18.1 Å². The molecule has 18 heavy (non-hydrogen) atoms. The summed E-state index contributed by atoms with van der Waals surface area (Å²) in [4.78, 5) is 11.8. The molecule has 0 bridgehead atoms. The Labute approximate surface area is 110 Å². The quantitative estimate of drug-likeness (QED) is 0.756. The lowest BCUT2D eigenvalue weighted by Crippen LogP contribution is -2.60. The summed E-state index contributed by atoms with van der Waals surface area (Å²) in [6.45, 7) is 4.97. The van der Waals surface area contributed by atoms with E-state index in [2.05, 4.69) is 19.2 Å². The minimum atomic E-state index is -0.555. The predicted molar refractivity (Wildman–Crippen MR) is 71.1 cm³/mol. The van der Waals surface area contributed by atoms with Crippen molar-refractivity contribution in [2.45, 2.75) is 70.1 Å². The van der Waals surface area contributed by atoms with E-state index >= 15 is 0 Å². The average molecular weight is 254 g/mol. The van der Waals surface area contributed by atoms with Crippen molar-refractivity contribution >= 4 is 5.91 Å². The summed E-state index contributed by atoms with van der Waals surface area (Å²) in [6, 6.07) is 0.264. The fraction of sp³-hybridized carbons (Fsp3) is 0.929. The number of rotatable bonds is 6. The van der Waals surface area contributed by atoms with Gasteiger partial charge in [0.1, 0.15) is 5.54 Å². The fourth-order valence-corrected chi connectivity index (χ4v) is 2.90. The number of hydrogen-bond donors (Lipinski definition) is 2. The van der Waals surface area contributed by atoms with Crippen LogP contribution in [0, 0.1) is 5.92 Å². The van der Waals surface area contributed by atoms with Gasteiger partial charge >= 0.3 is 0 Å². The third kappa shape index (κ3) is 3.45. The Morgan fingerprint density at radius 3 is 2.72 bits per heavy atom. The van der Waals surface area contributed by atoms with E-state index in [9.17, 15) is 4.79 Å². The number of hydrogen-bond acceptors (Lipinski definition) is 3. The van der Waals surface area contributed by atoms with Crippen molar-refractivity contribution in [2.24, 2.45) is 11.7 Å². The monoisotopic (exact) mass is 254 g/mol. The molecule has 2 saturated carbocycles. The molecule has 0 aromatic heterocycles. The van der Waals surface area contributed by atoms with Crippen molar-refractivity contribution in [3.63, 3.8) is 0 Å². The predicted octanol–water partition coefficient (Wildman–Crippen LogP) is 1.58. The van der Waals surface area contributed by atoms with E-state index < -0.39 is 5.54 Å². The van der Waals surface area contributed by atoms with Gasteiger partial charge in [-0.1, -0.05) is 0 Å². The maximum atomic E-state index is 11.8. The molecule has 2 atom stereocenters. The molecule has 0 heterocycles. The number of primary amides is 1. The number of carbonyl (C=O) groups is 1. The second-order valence-corrected chi connectivity index (χ2v) is 6.24. The zero-order valence-corrected chi connectivity index (χ0v) is 11.6. The molecule has 0 spiro atoms. The topological polar surface area (TPSA) is 64.3 Å². The van der Waals surface area contributed by atoms with Crippen molar-refractivity contribution < 1.29 is 9.53 Å². The molecule has 0 aromatic carbocycles. The molecule has 2 fully saturated rings. The van der Waals surface area contributed by atoms with Gasteiger partial charge in [-0.25, -0.2) is 0 Å². The first-order valence-corrected chi connectivity index (χ1v) is 7.21. The van der Waals surface area contributed by atoms with Crippen LogP contribution in [0.25, 0.3) is 0 Å². The highest BCUT2D eigenvalue weighted by Gasteiger charge is 2.42. The van der Waals surface area contributed by atoms with Crippen LogP contribution in [0.5, 0.6) is 0 Å². The Balaban J connectivity index is 1.93. The molecule has 0 aliphatic heterocycles. The Hall–Kier alpha value is -0.610. The van der Waals surface area contributed by atoms with E-state index in [0.717, 1.165) is 38.2 Å². The second kappa shape index (κ2) is 5.57. The van der Waals surface area contributed by atoms with Crippen LogP contribution in [-0.4, -0.2) is 30.2 Å². The third-order valence-electron chi connectivity index (χ3n) is 4.01. The van der Waals surface area contributed by atoms with E-state index in [1.807, 2.05) is 0 Å². The second-order valence-electron chi connectivity index (χ2n) is 6.24. The van der Waals surface area contributed by atoms with Gasteiger partial charge in [0.15, 0.2) is 0 Å². The highest BCUT2D eigenvalue weighted by atomic mass is 16.5. The molecular formula is C14H26N2O2. The highest BCUT2D eigenvalue weighted by molar-refractivity contribution is 5.84. The lowest BCUT2D eigenvalue weighted by molar-refractivity contribution is -0.129. The number of ether oxygens (including phenoxy) is 1. The summed E-state index contributed by atoms with van der Waals surface area (Å²) in [5.74, 6) is 0.545.